The molecule has 0 aromatic rings. The highest BCUT2D eigenvalue weighted by Crippen LogP contribution is 2.38. The third kappa shape index (κ3) is 2.85. The monoisotopic (exact) mass is 238 g/mol. The topological polar surface area (TPSA) is 15.3 Å². The van der Waals surface area contributed by atoms with E-state index >= 15 is 0 Å². The summed E-state index contributed by atoms with van der Waals surface area (Å²) in [5.41, 5.74) is 0.502. The minimum Gasteiger partial charge on any atom is -0.311 e. The van der Waals surface area contributed by atoms with Crippen molar-refractivity contribution in [1.29, 1.82) is 0 Å². The molecule has 100 valence electrons. The number of nitrogens with zero attached hydrogens (tertiary/aromatic N) is 1. The second-order valence-corrected chi connectivity index (χ2v) is 6.88. The Bertz CT molecular complexity index is 241. The van der Waals surface area contributed by atoms with Gasteiger partial charge in [0.25, 0.3) is 0 Å². The van der Waals surface area contributed by atoms with Crippen molar-refractivity contribution in [3.63, 3.8) is 0 Å². The number of hydrogen-bond donors (Lipinski definition) is 1. The number of hydrogen-bond acceptors (Lipinski definition) is 2. The van der Waals surface area contributed by atoms with Crippen LogP contribution in [0.5, 0.6) is 0 Å². The lowest BCUT2D eigenvalue weighted by molar-refractivity contribution is 0.0130. The van der Waals surface area contributed by atoms with Crippen molar-refractivity contribution >= 4 is 0 Å². The molecule has 1 heterocycles. The van der Waals surface area contributed by atoms with Crippen LogP contribution in [0, 0.1) is 5.92 Å². The van der Waals surface area contributed by atoms with Crippen molar-refractivity contribution in [2.45, 2.75) is 77.4 Å². The summed E-state index contributed by atoms with van der Waals surface area (Å²) in [5.74, 6) is 0.805. The van der Waals surface area contributed by atoms with Crippen molar-refractivity contribution in [2.75, 3.05) is 13.1 Å². The SMILES string of the molecule is CC(C)CC1CN(C(C)C)C2(CCCC2)CN1. The molecular formula is C15H30N2. The maximum absolute atomic E-state index is 3.83. The molecule has 1 saturated carbocycles. The molecule has 1 unspecified atom stereocenters. The fourth-order valence-corrected chi connectivity index (χ4v) is 3.91. The van der Waals surface area contributed by atoms with Crippen molar-refractivity contribution in [3.05, 3.63) is 0 Å². The third-order valence-corrected chi connectivity index (χ3v) is 4.66. The first-order valence-corrected chi connectivity index (χ1v) is 7.54. The zero-order valence-corrected chi connectivity index (χ0v) is 12.1. The summed E-state index contributed by atoms with van der Waals surface area (Å²) in [6.07, 6.45) is 7.00. The van der Waals surface area contributed by atoms with Crippen molar-refractivity contribution in [1.82, 2.24) is 10.2 Å². The minimum absolute atomic E-state index is 0.502. The molecular weight excluding hydrogens is 208 g/mol. The van der Waals surface area contributed by atoms with Gasteiger partial charge in [0.2, 0.25) is 0 Å². The van der Waals surface area contributed by atoms with Gasteiger partial charge in [-0.05, 0) is 39.0 Å². The van der Waals surface area contributed by atoms with Crippen LogP contribution >= 0.6 is 0 Å². The molecule has 2 nitrogen and oxygen atoms in total. The number of nitrogens with one attached hydrogen (secondary N) is 1. The van der Waals surface area contributed by atoms with E-state index in [0.29, 0.717) is 17.6 Å². The number of piperazine rings is 1. The van der Waals surface area contributed by atoms with E-state index in [2.05, 4.69) is 37.9 Å². The maximum atomic E-state index is 3.83. The van der Waals surface area contributed by atoms with E-state index < -0.39 is 0 Å². The van der Waals surface area contributed by atoms with E-state index in [1.807, 2.05) is 0 Å². The molecule has 0 bridgehead atoms. The predicted octanol–water partition coefficient (Wildman–Crippen LogP) is 3.03. The zero-order valence-electron chi connectivity index (χ0n) is 12.1. The Hall–Kier alpha value is -0.0800. The average Bonchev–Trinajstić information content (AvgIpc) is 2.69. The molecule has 17 heavy (non-hydrogen) atoms. The lowest BCUT2D eigenvalue weighted by Gasteiger charge is -2.50. The van der Waals surface area contributed by atoms with E-state index in [9.17, 15) is 0 Å². The minimum atomic E-state index is 0.502. The van der Waals surface area contributed by atoms with Crippen LogP contribution in [0.15, 0.2) is 0 Å². The molecule has 1 N–H and O–H groups in total. The van der Waals surface area contributed by atoms with E-state index in [0.717, 1.165) is 5.92 Å². The smallest absolute Gasteiger partial charge is 0.0337 e. The quantitative estimate of drug-likeness (QED) is 0.813. The van der Waals surface area contributed by atoms with Crippen LogP contribution in [0.4, 0.5) is 0 Å². The van der Waals surface area contributed by atoms with E-state index in [4.69, 9.17) is 0 Å². The summed E-state index contributed by atoms with van der Waals surface area (Å²) >= 11 is 0. The Morgan fingerprint density at radius 1 is 1.18 bits per heavy atom. The zero-order chi connectivity index (χ0) is 12.5. The Balaban J connectivity index is 2.03. The van der Waals surface area contributed by atoms with Gasteiger partial charge in [0.05, 0.1) is 0 Å². The van der Waals surface area contributed by atoms with Gasteiger partial charge in [-0.25, -0.2) is 0 Å². The third-order valence-electron chi connectivity index (χ3n) is 4.66. The van der Waals surface area contributed by atoms with Gasteiger partial charge in [-0.2, -0.15) is 0 Å². The van der Waals surface area contributed by atoms with Gasteiger partial charge in [0.1, 0.15) is 0 Å². The van der Waals surface area contributed by atoms with Gasteiger partial charge in [-0.1, -0.05) is 26.7 Å². The van der Waals surface area contributed by atoms with Gasteiger partial charge in [0.15, 0.2) is 0 Å². The van der Waals surface area contributed by atoms with Gasteiger partial charge in [-0.3, -0.25) is 4.90 Å². The first-order valence-electron chi connectivity index (χ1n) is 7.54. The molecule has 1 aliphatic carbocycles. The highest BCUT2D eigenvalue weighted by atomic mass is 15.3. The Kier molecular flexibility index (Phi) is 4.14. The molecule has 1 spiro atoms. The molecule has 2 rings (SSSR count). The van der Waals surface area contributed by atoms with Crippen molar-refractivity contribution < 1.29 is 0 Å². The van der Waals surface area contributed by atoms with Gasteiger partial charge < -0.3 is 5.32 Å². The summed E-state index contributed by atoms with van der Waals surface area (Å²) in [4.78, 5) is 2.81. The highest BCUT2D eigenvalue weighted by Gasteiger charge is 2.44. The average molecular weight is 238 g/mol. The largest absolute Gasteiger partial charge is 0.311 e. The summed E-state index contributed by atoms with van der Waals surface area (Å²) in [6, 6.07) is 1.41. The van der Waals surface area contributed by atoms with Crippen LogP contribution in [-0.2, 0) is 0 Å². The van der Waals surface area contributed by atoms with E-state index in [1.54, 1.807) is 0 Å². The Morgan fingerprint density at radius 3 is 2.35 bits per heavy atom. The van der Waals surface area contributed by atoms with Crippen LogP contribution < -0.4 is 5.32 Å². The molecule has 0 radical (unpaired) electrons. The van der Waals surface area contributed by atoms with Crippen LogP contribution in [-0.4, -0.2) is 35.6 Å². The molecule has 2 fully saturated rings. The van der Waals surface area contributed by atoms with Crippen LogP contribution in [0.25, 0.3) is 0 Å². The van der Waals surface area contributed by atoms with Crippen molar-refractivity contribution in [3.8, 4) is 0 Å². The summed E-state index contributed by atoms with van der Waals surface area (Å²) in [5, 5.41) is 3.83. The summed E-state index contributed by atoms with van der Waals surface area (Å²) in [6.45, 7) is 11.9. The summed E-state index contributed by atoms with van der Waals surface area (Å²) in [7, 11) is 0. The molecule has 0 aromatic carbocycles. The van der Waals surface area contributed by atoms with E-state index in [-0.39, 0.29) is 0 Å². The highest BCUT2D eigenvalue weighted by molar-refractivity contribution is 5.02. The first kappa shape index (κ1) is 13.4. The molecule has 2 heteroatoms. The Morgan fingerprint density at radius 2 is 1.82 bits per heavy atom. The van der Waals surface area contributed by atoms with Gasteiger partial charge >= 0.3 is 0 Å². The van der Waals surface area contributed by atoms with Crippen LogP contribution in [0.3, 0.4) is 0 Å². The normalized spacial score (nSPS) is 29.6. The second-order valence-electron chi connectivity index (χ2n) is 6.88. The lowest BCUT2D eigenvalue weighted by atomic mass is 9.88. The van der Waals surface area contributed by atoms with Gasteiger partial charge in [-0.15, -0.1) is 0 Å². The fraction of sp³-hybridized carbons (Fsp3) is 1.00. The van der Waals surface area contributed by atoms with E-state index in [1.165, 1.54) is 45.2 Å². The molecule has 1 aliphatic heterocycles. The molecule has 1 saturated heterocycles. The summed E-state index contributed by atoms with van der Waals surface area (Å²) < 4.78 is 0. The molecule has 0 amide bonds. The molecule has 1 atom stereocenters. The predicted molar refractivity (Wildman–Crippen MR) is 74.3 cm³/mol. The standard InChI is InChI=1S/C15H30N2/c1-12(2)9-14-10-17(13(3)4)15(11-16-14)7-5-6-8-15/h12-14,16H,5-11H2,1-4H3. The van der Waals surface area contributed by atoms with Crippen LogP contribution in [0.2, 0.25) is 0 Å². The lowest BCUT2D eigenvalue weighted by Crippen LogP contribution is -2.65. The molecule has 2 aliphatic rings. The maximum Gasteiger partial charge on any atom is 0.0337 e. The Labute approximate surface area is 107 Å². The fourth-order valence-electron chi connectivity index (χ4n) is 3.91. The first-order chi connectivity index (χ1) is 8.03. The van der Waals surface area contributed by atoms with Crippen molar-refractivity contribution in [2.24, 2.45) is 5.92 Å². The molecule has 0 aromatic heterocycles. The van der Waals surface area contributed by atoms with Crippen LogP contribution in [0.1, 0.15) is 59.8 Å². The van der Waals surface area contributed by atoms with Gasteiger partial charge in [0, 0.05) is 30.7 Å². The second kappa shape index (κ2) is 5.27. The number of rotatable bonds is 3.